The molecule has 1 aromatic rings. The lowest BCUT2D eigenvalue weighted by molar-refractivity contribution is 0.105. The third kappa shape index (κ3) is 2.29. The fraction of sp³-hybridized carbons (Fsp3) is 0.438. The second kappa shape index (κ2) is 5.56. The van der Waals surface area contributed by atoms with Gasteiger partial charge in [-0.15, -0.1) is 0 Å². The van der Waals surface area contributed by atoms with Crippen molar-refractivity contribution in [2.45, 2.75) is 16.5 Å². The second-order valence-corrected chi connectivity index (χ2v) is 9.95. The first kappa shape index (κ1) is 15.1. The molecule has 5 rings (SSSR count). The van der Waals surface area contributed by atoms with Gasteiger partial charge in [0.15, 0.2) is 0 Å². The normalized spacial score (nSPS) is 38.2. The molecule has 4 atom stereocenters. The molecule has 1 spiro atoms. The van der Waals surface area contributed by atoms with E-state index in [0.717, 1.165) is 0 Å². The number of fused-ring (bicyclic) bond motifs is 1. The van der Waals surface area contributed by atoms with Crippen LogP contribution in [0.3, 0.4) is 0 Å². The summed E-state index contributed by atoms with van der Waals surface area (Å²) in [5, 5.41) is 0. The van der Waals surface area contributed by atoms with Crippen molar-refractivity contribution < 1.29 is 17.9 Å². The van der Waals surface area contributed by atoms with Crippen molar-refractivity contribution >= 4 is 27.7 Å². The van der Waals surface area contributed by atoms with Gasteiger partial charge in [-0.3, -0.25) is 13.3 Å². The first-order valence-electron chi connectivity index (χ1n) is 7.60. The van der Waals surface area contributed by atoms with Crippen LogP contribution in [0.15, 0.2) is 42.5 Å². The quantitative estimate of drug-likeness (QED) is 0.722. The van der Waals surface area contributed by atoms with Gasteiger partial charge in [-0.05, 0) is 24.5 Å². The molecule has 23 heavy (non-hydrogen) atoms. The summed E-state index contributed by atoms with van der Waals surface area (Å²) in [6.45, 7) is 0.531. The molecule has 0 radical (unpaired) electrons. The molecule has 5 nitrogen and oxygen atoms in total. The van der Waals surface area contributed by atoms with Gasteiger partial charge in [0.05, 0.1) is 6.04 Å². The summed E-state index contributed by atoms with van der Waals surface area (Å²) >= 11 is 0. The average molecular weight is 351 g/mol. The Hall–Kier alpha value is -1.47. The maximum atomic E-state index is 12.6. The highest BCUT2D eigenvalue weighted by molar-refractivity contribution is 8.07. The van der Waals surface area contributed by atoms with Crippen molar-refractivity contribution in [1.29, 1.82) is 0 Å². The fourth-order valence-electron chi connectivity index (χ4n) is 3.69. The molecular formula is C16H17NO4S2. The Kier molecular flexibility index (Phi) is 3.65. The van der Waals surface area contributed by atoms with Gasteiger partial charge in [0.1, 0.15) is 9.83 Å². The van der Waals surface area contributed by atoms with E-state index in [9.17, 15) is 13.2 Å². The number of carbonyl (C=O) groups excluding carboxylic acids is 1. The van der Waals surface area contributed by atoms with Gasteiger partial charge in [0.25, 0.3) is 0 Å². The van der Waals surface area contributed by atoms with Gasteiger partial charge in [-0.25, -0.2) is 4.79 Å². The van der Waals surface area contributed by atoms with E-state index >= 15 is 0 Å². The number of piperidine rings is 1. The van der Waals surface area contributed by atoms with Crippen molar-refractivity contribution in [1.82, 2.24) is 4.90 Å². The van der Waals surface area contributed by atoms with Crippen molar-refractivity contribution in [3.63, 3.8) is 0 Å². The summed E-state index contributed by atoms with van der Waals surface area (Å²) < 4.78 is 29.8. The van der Waals surface area contributed by atoms with Crippen molar-refractivity contribution in [2.24, 2.45) is 5.92 Å². The molecule has 7 heteroatoms. The van der Waals surface area contributed by atoms with Crippen LogP contribution < -0.4 is 4.74 Å². The van der Waals surface area contributed by atoms with E-state index in [1.807, 2.05) is 12.1 Å². The molecule has 2 bridgehead atoms. The van der Waals surface area contributed by atoms with Gasteiger partial charge in [0.2, 0.25) is 0 Å². The Labute approximate surface area is 139 Å². The van der Waals surface area contributed by atoms with E-state index < -0.39 is 37.8 Å². The van der Waals surface area contributed by atoms with E-state index in [4.69, 9.17) is 4.74 Å². The van der Waals surface area contributed by atoms with E-state index in [1.165, 1.54) is 0 Å². The lowest BCUT2D eigenvalue weighted by Gasteiger charge is -2.49. The Bertz CT molecular complexity index is 702. The zero-order valence-electron chi connectivity index (χ0n) is 12.4. The van der Waals surface area contributed by atoms with Crippen LogP contribution in [0.4, 0.5) is 4.79 Å². The van der Waals surface area contributed by atoms with Gasteiger partial charge in [-0.1, -0.05) is 30.4 Å². The van der Waals surface area contributed by atoms with Crippen LogP contribution >= 0.6 is 0 Å². The van der Waals surface area contributed by atoms with Gasteiger partial charge in [-0.2, -0.15) is 0 Å². The summed E-state index contributed by atoms with van der Waals surface area (Å²) in [5.41, 5.74) is 0. The van der Waals surface area contributed by atoms with Gasteiger partial charge >= 0.3 is 6.09 Å². The number of ether oxygens (including phenoxy) is 1. The van der Waals surface area contributed by atoms with Crippen LogP contribution in [0.2, 0.25) is 0 Å². The number of rotatable bonds is 1. The predicted octanol–water partition coefficient (Wildman–Crippen LogP) is 1.65. The minimum Gasteiger partial charge on any atom is -0.410 e. The third-order valence-electron chi connectivity index (χ3n) is 4.74. The summed E-state index contributed by atoms with van der Waals surface area (Å²) in [7, 11) is -2.36. The summed E-state index contributed by atoms with van der Waals surface area (Å²) in [4.78, 5) is 14.2. The van der Waals surface area contributed by atoms with Gasteiger partial charge < -0.3 is 4.74 Å². The number of nitrogens with zero attached hydrogens (tertiary/aromatic N) is 1. The highest BCUT2D eigenvalue weighted by atomic mass is 32.3. The van der Waals surface area contributed by atoms with E-state index in [1.54, 1.807) is 29.2 Å². The standard InChI is InChI=1S/C16H17NO4S2/c18-15(21-13-4-2-1-3-5-13)17-11-12-6-7-14(17)16(10-12)22(19)8-9-23(16)20/h1-7,12,14H,8-11H2/t12-,14+,16?,22?,23?/m0/s1. The van der Waals surface area contributed by atoms with E-state index in [2.05, 4.69) is 6.08 Å². The van der Waals surface area contributed by atoms with Crippen molar-refractivity contribution in [3.05, 3.63) is 42.5 Å². The van der Waals surface area contributed by atoms with Gasteiger partial charge in [0, 0.05) is 39.6 Å². The first-order valence-corrected chi connectivity index (χ1v) is 10.2. The molecule has 0 saturated carbocycles. The van der Waals surface area contributed by atoms with Crippen LogP contribution in [-0.2, 0) is 21.6 Å². The highest BCUT2D eigenvalue weighted by Crippen LogP contribution is 2.46. The lowest BCUT2D eigenvalue weighted by atomic mass is 9.85. The van der Waals surface area contributed by atoms with Crippen LogP contribution in [0.5, 0.6) is 5.75 Å². The minimum atomic E-state index is -1.18. The monoisotopic (exact) mass is 351 g/mol. The SMILES string of the molecule is O=C(Oc1ccccc1)N1C[C@H]2C=C[C@@H]1C1(C2)S(=O)CCS1=O. The number of hydrogen-bond acceptors (Lipinski definition) is 4. The number of hydrogen-bond donors (Lipinski definition) is 0. The van der Waals surface area contributed by atoms with Crippen LogP contribution in [-0.4, -0.2) is 47.6 Å². The number of para-hydroxylation sites is 1. The Morgan fingerprint density at radius 1 is 1.13 bits per heavy atom. The molecule has 2 fully saturated rings. The van der Waals surface area contributed by atoms with E-state index in [-0.39, 0.29) is 5.92 Å². The van der Waals surface area contributed by atoms with Crippen molar-refractivity contribution in [3.8, 4) is 5.75 Å². The fourth-order valence-corrected chi connectivity index (χ4v) is 8.67. The molecule has 4 aliphatic rings. The molecule has 122 valence electrons. The molecule has 1 aliphatic carbocycles. The lowest BCUT2D eigenvalue weighted by Crippen LogP contribution is -2.64. The van der Waals surface area contributed by atoms with Crippen LogP contribution in [0.1, 0.15) is 6.42 Å². The number of carbonyl (C=O) groups is 1. The average Bonchev–Trinajstić information content (AvgIpc) is 2.85. The molecule has 0 aromatic heterocycles. The number of benzene rings is 1. The molecular weight excluding hydrogens is 334 g/mol. The van der Waals surface area contributed by atoms with Crippen LogP contribution in [0, 0.1) is 5.92 Å². The van der Waals surface area contributed by atoms with E-state index in [0.29, 0.717) is 30.2 Å². The smallest absolute Gasteiger partial charge is 0.410 e. The van der Waals surface area contributed by atoms with Crippen molar-refractivity contribution in [2.75, 3.05) is 18.1 Å². The zero-order valence-corrected chi connectivity index (χ0v) is 14.1. The zero-order chi connectivity index (χ0) is 16.0. The Balaban J connectivity index is 1.63. The molecule has 1 aromatic carbocycles. The Morgan fingerprint density at radius 3 is 2.48 bits per heavy atom. The largest absolute Gasteiger partial charge is 0.415 e. The molecule has 0 N–H and O–H groups in total. The first-order chi connectivity index (χ1) is 11.1. The summed E-state index contributed by atoms with van der Waals surface area (Å²) in [6.07, 6.45) is 4.11. The molecule has 3 aliphatic heterocycles. The minimum absolute atomic E-state index is 0.0920. The molecule has 2 unspecified atom stereocenters. The molecule has 1 amide bonds. The predicted molar refractivity (Wildman–Crippen MR) is 89.0 cm³/mol. The van der Waals surface area contributed by atoms with Crippen LogP contribution in [0.25, 0.3) is 0 Å². The molecule has 2 saturated heterocycles. The highest BCUT2D eigenvalue weighted by Gasteiger charge is 2.60. The number of amides is 1. The topological polar surface area (TPSA) is 63.7 Å². The maximum absolute atomic E-state index is 12.6. The Morgan fingerprint density at radius 2 is 1.83 bits per heavy atom. The summed E-state index contributed by atoms with van der Waals surface area (Å²) in [6, 6.07) is 8.48. The molecule has 3 heterocycles. The second-order valence-electron chi connectivity index (χ2n) is 6.04. The summed E-state index contributed by atoms with van der Waals surface area (Å²) in [5.74, 6) is 1.47. The maximum Gasteiger partial charge on any atom is 0.415 e. The third-order valence-corrected chi connectivity index (χ3v) is 9.62.